The number of carbonyl (C=O) groups is 1. The van der Waals surface area contributed by atoms with Gasteiger partial charge in [0.2, 0.25) is 0 Å². The Hall–Kier alpha value is -2.43. The van der Waals surface area contributed by atoms with Crippen LogP contribution in [0.15, 0.2) is 41.7 Å². The number of fused-ring (bicyclic) bond motifs is 1. The van der Waals surface area contributed by atoms with E-state index in [0.29, 0.717) is 6.61 Å². The zero-order valence-electron chi connectivity index (χ0n) is 11.0. The van der Waals surface area contributed by atoms with E-state index in [0.717, 1.165) is 16.3 Å². The summed E-state index contributed by atoms with van der Waals surface area (Å²) < 4.78 is 10.5. The Labute approximate surface area is 116 Å². The molecule has 2 heterocycles. The van der Waals surface area contributed by atoms with Gasteiger partial charge < -0.3 is 9.47 Å². The van der Waals surface area contributed by atoms with Gasteiger partial charge in [-0.05, 0) is 12.3 Å². The van der Waals surface area contributed by atoms with Gasteiger partial charge in [-0.1, -0.05) is 24.3 Å². The van der Waals surface area contributed by atoms with Crippen molar-refractivity contribution in [1.29, 1.82) is 0 Å². The standard InChI is InChI=1S/C15H14N2O3/c1-2-19-15(18)13-14(20-9-17-13)12-8-16-7-10-5-3-4-6-11(10)12/h3-9,13-14H,2H2,1H3. The molecule has 20 heavy (non-hydrogen) atoms. The molecule has 5 nitrogen and oxygen atoms in total. The molecule has 2 atom stereocenters. The third kappa shape index (κ3) is 2.11. The van der Waals surface area contributed by atoms with Crippen molar-refractivity contribution in [2.24, 2.45) is 4.99 Å². The number of esters is 1. The van der Waals surface area contributed by atoms with Gasteiger partial charge in [0.1, 0.15) is 0 Å². The van der Waals surface area contributed by atoms with Crippen LogP contribution in [-0.2, 0) is 14.3 Å². The van der Waals surface area contributed by atoms with Gasteiger partial charge in [-0.2, -0.15) is 0 Å². The number of aliphatic imine (C=N–C) groups is 1. The largest absolute Gasteiger partial charge is 0.473 e. The van der Waals surface area contributed by atoms with E-state index in [-0.39, 0.29) is 5.97 Å². The predicted octanol–water partition coefficient (Wildman–Crippen LogP) is 2.27. The first-order valence-corrected chi connectivity index (χ1v) is 6.47. The van der Waals surface area contributed by atoms with Gasteiger partial charge in [-0.3, -0.25) is 4.98 Å². The average molecular weight is 270 g/mol. The molecule has 0 spiro atoms. The van der Waals surface area contributed by atoms with Crippen molar-refractivity contribution < 1.29 is 14.3 Å². The summed E-state index contributed by atoms with van der Waals surface area (Å²) in [4.78, 5) is 20.2. The van der Waals surface area contributed by atoms with Crippen molar-refractivity contribution in [1.82, 2.24) is 4.98 Å². The number of hydrogen-bond donors (Lipinski definition) is 0. The summed E-state index contributed by atoms with van der Waals surface area (Å²) in [5, 5.41) is 2.01. The molecule has 0 bridgehead atoms. The first-order chi connectivity index (χ1) is 9.81. The normalized spacial score (nSPS) is 20.9. The van der Waals surface area contributed by atoms with Crippen molar-refractivity contribution in [3.05, 3.63) is 42.2 Å². The lowest BCUT2D eigenvalue weighted by Crippen LogP contribution is -2.26. The van der Waals surface area contributed by atoms with E-state index in [1.54, 1.807) is 19.3 Å². The van der Waals surface area contributed by atoms with Crippen LogP contribution < -0.4 is 0 Å². The van der Waals surface area contributed by atoms with Crippen molar-refractivity contribution >= 4 is 23.1 Å². The fourth-order valence-corrected chi connectivity index (χ4v) is 2.34. The highest BCUT2D eigenvalue weighted by molar-refractivity contribution is 5.87. The first-order valence-electron chi connectivity index (χ1n) is 6.47. The second-order valence-corrected chi connectivity index (χ2v) is 4.46. The summed E-state index contributed by atoms with van der Waals surface area (Å²) in [6.07, 6.45) is 4.34. The van der Waals surface area contributed by atoms with Gasteiger partial charge in [-0.25, -0.2) is 9.79 Å². The van der Waals surface area contributed by atoms with Crippen LogP contribution in [0.3, 0.4) is 0 Å². The molecule has 3 rings (SSSR count). The highest BCUT2D eigenvalue weighted by Gasteiger charge is 2.36. The Morgan fingerprint density at radius 2 is 2.20 bits per heavy atom. The van der Waals surface area contributed by atoms with E-state index in [9.17, 15) is 4.79 Å². The van der Waals surface area contributed by atoms with E-state index in [1.807, 2.05) is 24.3 Å². The minimum Gasteiger partial charge on any atom is -0.473 e. The Morgan fingerprint density at radius 1 is 1.35 bits per heavy atom. The van der Waals surface area contributed by atoms with Gasteiger partial charge in [0.25, 0.3) is 0 Å². The molecule has 0 saturated carbocycles. The summed E-state index contributed by atoms with van der Waals surface area (Å²) in [7, 11) is 0. The summed E-state index contributed by atoms with van der Waals surface area (Å²) in [6, 6.07) is 7.18. The predicted molar refractivity (Wildman–Crippen MR) is 74.5 cm³/mol. The van der Waals surface area contributed by atoms with Gasteiger partial charge >= 0.3 is 5.97 Å². The summed E-state index contributed by atoms with van der Waals surface area (Å²) in [5.74, 6) is -0.376. The number of pyridine rings is 1. The quantitative estimate of drug-likeness (QED) is 0.803. The Bertz CT molecular complexity index is 664. The maximum atomic E-state index is 11.9. The molecule has 2 unspecified atom stereocenters. The fraction of sp³-hybridized carbons (Fsp3) is 0.267. The minimum atomic E-state index is -0.664. The van der Waals surface area contributed by atoms with Crippen LogP contribution in [0.25, 0.3) is 10.8 Å². The second-order valence-electron chi connectivity index (χ2n) is 4.46. The van der Waals surface area contributed by atoms with E-state index in [4.69, 9.17) is 9.47 Å². The van der Waals surface area contributed by atoms with Crippen LogP contribution >= 0.6 is 0 Å². The molecule has 2 aromatic rings. The molecular formula is C15H14N2O3. The molecule has 1 aromatic heterocycles. The van der Waals surface area contributed by atoms with Gasteiger partial charge in [-0.15, -0.1) is 0 Å². The molecule has 0 saturated heterocycles. The molecule has 0 aliphatic carbocycles. The van der Waals surface area contributed by atoms with Gasteiger partial charge in [0.15, 0.2) is 18.5 Å². The third-order valence-corrected chi connectivity index (χ3v) is 3.25. The molecule has 0 amide bonds. The number of carbonyl (C=O) groups excluding carboxylic acids is 1. The molecule has 102 valence electrons. The number of hydrogen-bond acceptors (Lipinski definition) is 5. The van der Waals surface area contributed by atoms with Crippen LogP contribution in [0, 0.1) is 0 Å². The van der Waals surface area contributed by atoms with Crippen LogP contribution in [0.4, 0.5) is 0 Å². The van der Waals surface area contributed by atoms with E-state index in [2.05, 4.69) is 9.98 Å². The lowest BCUT2D eigenvalue weighted by Gasteiger charge is -2.17. The zero-order valence-corrected chi connectivity index (χ0v) is 11.0. The summed E-state index contributed by atoms with van der Waals surface area (Å²) in [5.41, 5.74) is 0.846. The third-order valence-electron chi connectivity index (χ3n) is 3.25. The fourth-order valence-electron chi connectivity index (χ4n) is 2.34. The van der Waals surface area contributed by atoms with E-state index in [1.165, 1.54) is 6.40 Å². The molecule has 0 N–H and O–H groups in total. The summed E-state index contributed by atoms with van der Waals surface area (Å²) in [6.45, 7) is 2.09. The lowest BCUT2D eigenvalue weighted by atomic mass is 9.99. The zero-order chi connectivity index (χ0) is 13.9. The minimum absolute atomic E-state index is 0.325. The molecule has 1 aliphatic rings. The Balaban J connectivity index is 2.00. The molecule has 1 aromatic carbocycles. The second kappa shape index (κ2) is 5.28. The number of ether oxygens (including phenoxy) is 2. The van der Waals surface area contributed by atoms with Crippen molar-refractivity contribution in [2.45, 2.75) is 19.1 Å². The monoisotopic (exact) mass is 270 g/mol. The number of nitrogens with zero attached hydrogens (tertiary/aromatic N) is 2. The molecule has 0 fully saturated rings. The maximum absolute atomic E-state index is 11.9. The Kier molecular flexibility index (Phi) is 3.33. The van der Waals surface area contributed by atoms with Gasteiger partial charge in [0.05, 0.1) is 6.61 Å². The van der Waals surface area contributed by atoms with Crippen LogP contribution in [-0.4, -0.2) is 30.0 Å². The smallest absolute Gasteiger partial charge is 0.335 e. The van der Waals surface area contributed by atoms with Crippen molar-refractivity contribution in [3.8, 4) is 0 Å². The average Bonchev–Trinajstić information content (AvgIpc) is 2.96. The molecular weight excluding hydrogens is 256 g/mol. The maximum Gasteiger partial charge on any atom is 0.335 e. The summed E-state index contributed by atoms with van der Waals surface area (Å²) >= 11 is 0. The number of rotatable bonds is 3. The number of aromatic nitrogens is 1. The Morgan fingerprint density at radius 3 is 3.05 bits per heavy atom. The van der Waals surface area contributed by atoms with Crippen molar-refractivity contribution in [2.75, 3.05) is 6.61 Å². The number of benzene rings is 1. The highest BCUT2D eigenvalue weighted by Crippen LogP contribution is 2.32. The highest BCUT2D eigenvalue weighted by atomic mass is 16.5. The molecule has 5 heteroatoms. The first kappa shape index (κ1) is 12.6. The van der Waals surface area contributed by atoms with E-state index < -0.39 is 12.1 Å². The van der Waals surface area contributed by atoms with Crippen LogP contribution in [0.5, 0.6) is 0 Å². The van der Waals surface area contributed by atoms with Crippen LogP contribution in [0.2, 0.25) is 0 Å². The van der Waals surface area contributed by atoms with E-state index >= 15 is 0 Å². The van der Waals surface area contributed by atoms with Crippen molar-refractivity contribution in [3.63, 3.8) is 0 Å². The SMILES string of the molecule is CCOC(=O)C1N=COC1c1cncc2ccccc12. The van der Waals surface area contributed by atoms with Crippen LogP contribution in [0.1, 0.15) is 18.6 Å². The molecule has 1 aliphatic heterocycles. The topological polar surface area (TPSA) is 60.8 Å². The lowest BCUT2D eigenvalue weighted by molar-refractivity contribution is -0.146. The van der Waals surface area contributed by atoms with Gasteiger partial charge in [0, 0.05) is 23.3 Å². The molecule has 0 radical (unpaired) electrons.